The van der Waals surface area contributed by atoms with Crippen molar-refractivity contribution in [3.63, 3.8) is 0 Å². The minimum Gasteiger partial charge on any atom is -0.494 e. The van der Waals surface area contributed by atoms with E-state index in [-0.39, 0.29) is 17.7 Å². The van der Waals surface area contributed by atoms with Crippen LogP contribution in [0.5, 0.6) is 5.75 Å². The Bertz CT molecular complexity index is 392. The highest BCUT2D eigenvalue weighted by Crippen LogP contribution is 2.24. The van der Waals surface area contributed by atoms with Crippen LogP contribution in [0, 0.1) is 5.92 Å². The van der Waals surface area contributed by atoms with Gasteiger partial charge >= 0.3 is 0 Å². The Labute approximate surface area is 95.0 Å². The molecule has 4 heteroatoms. The molecule has 0 aliphatic carbocycles. The number of carbonyl (C=O) groups excluding carboxylic acids is 1. The van der Waals surface area contributed by atoms with E-state index in [4.69, 9.17) is 4.74 Å². The van der Waals surface area contributed by atoms with Crippen molar-refractivity contribution < 1.29 is 9.53 Å². The summed E-state index contributed by atoms with van der Waals surface area (Å²) in [4.78, 5) is 16.4. The molecule has 1 aromatic rings. The number of aromatic nitrogens is 1. The summed E-state index contributed by atoms with van der Waals surface area (Å²) in [6.45, 7) is 2.93. The number of nitrogens with zero attached hydrogens (tertiary/aromatic N) is 1. The Balaban J connectivity index is 2.26. The summed E-state index contributed by atoms with van der Waals surface area (Å²) in [5, 5.41) is 3.27. The number of nitrogens with one attached hydrogen (secondary N) is 1. The van der Waals surface area contributed by atoms with E-state index in [9.17, 15) is 4.79 Å². The molecule has 1 aliphatic heterocycles. The molecule has 86 valence electrons. The molecule has 0 saturated carbocycles. The topological polar surface area (TPSA) is 51.2 Å². The molecular formula is C12H16N2O2. The number of ether oxygens (including phenoxy) is 1. The molecule has 0 bridgehead atoms. The summed E-state index contributed by atoms with van der Waals surface area (Å²) in [5.74, 6) is 0.658. The van der Waals surface area contributed by atoms with Crippen molar-refractivity contribution in [2.24, 2.45) is 5.92 Å². The molecule has 2 atom stereocenters. The predicted octanol–water partition coefficient (Wildman–Crippen LogP) is 1.27. The smallest absolute Gasteiger partial charge is 0.189 e. The average molecular weight is 220 g/mol. The summed E-state index contributed by atoms with van der Waals surface area (Å²) >= 11 is 0. The molecule has 16 heavy (non-hydrogen) atoms. The van der Waals surface area contributed by atoms with E-state index >= 15 is 0 Å². The van der Waals surface area contributed by atoms with Crippen LogP contribution in [0.4, 0.5) is 0 Å². The zero-order valence-corrected chi connectivity index (χ0v) is 9.56. The van der Waals surface area contributed by atoms with Gasteiger partial charge in [0, 0.05) is 18.2 Å². The molecule has 1 aromatic heterocycles. The van der Waals surface area contributed by atoms with Crippen LogP contribution in [-0.4, -0.2) is 30.5 Å². The molecule has 1 fully saturated rings. The molecule has 2 heterocycles. The normalized spacial score (nSPS) is 24.4. The highest BCUT2D eigenvalue weighted by molar-refractivity contribution is 5.99. The lowest BCUT2D eigenvalue weighted by atomic mass is 9.94. The van der Waals surface area contributed by atoms with Crippen molar-refractivity contribution in [3.05, 3.63) is 24.0 Å². The van der Waals surface area contributed by atoms with Crippen molar-refractivity contribution in [2.75, 3.05) is 13.7 Å². The van der Waals surface area contributed by atoms with Crippen molar-refractivity contribution in [1.82, 2.24) is 10.3 Å². The third-order valence-electron chi connectivity index (χ3n) is 3.09. The number of carbonyl (C=O) groups is 1. The van der Waals surface area contributed by atoms with E-state index in [0.29, 0.717) is 11.4 Å². The van der Waals surface area contributed by atoms with Gasteiger partial charge in [-0.1, -0.05) is 0 Å². The van der Waals surface area contributed by atoms with Crippen LogP contribution in [-0.2, 0) is 0 Å². The zero-order chi connectivity index (χ0) is 11.5. The van der Waals surface area contributed by atoms with Crippen molar-refractivity contribution in [3.8, 4) is 5.75 Å². The van der Waals surface area contributed by atoms with Gasteiger partial charge in [0.15, 0.2) is 5.78 Å². The van der Waals surface area contributed by atoms with Gasteiger partial charge in [-0.3, -0.25) is 4.79 Å². The number of Topliss-reactive ketones (excluding diaryl/α,β-unsaturated/α-hetero) is 1. The average Bonchev–Trinajstić information content (AvgIpc) is 2.74. The summed E-state index contributed by atoms with van der Waals surface area (Å²) in [6, 6.07) is 3.76. The van der Waals surface area contributed by atoms with Gasteiger partial charge in [0.05, 0.1) is 7.11 Å². The minimum atomic E-state index is 0.0174. The first-order valence-corrected chi connectivity index (χ1v) is 5.50. The molecule has 2 rings (SSSR count). The van der Waals surface area contributed by atoms with E-state index in [1.807, 2.05) is 6.92 Å². The minimum absolute atomic E-state index is 0.0174. The Morgan fingerprint density at radius 3 is 3.06 bits per heavy atom. The van der Waals surface area contributed by atoms with E-state index in [2.05, 4.69) is 10.3 Å². The summed E-state index contributed by atoms with van der Waals surface area (Å²) in [6.07, 6.45) is 2.50. The van der Waals surface area contributed by atoms with Crippen LogP contribution in [0.2, 0.25) is 0 Å². The van der Waals surface area contributed by atoms with Gasteiger partial charge in [0.1, 0.15) is 11.4 Å². The third-order valence-corrected chi connectivity index (χ3v) is 3.09. The molecule has 0 amide bonds. The molecular weight excluding hydrogens is 204 g/mol. The van der Waals surface area contributed by atoms with Gasteiger partial charge in [-0.25, -0.2) is 4.98 Å². The molecule has 4 nitrogen and oxygen atoms in total. The standard InChI is InChI=1S/C12H16N2O2/c1-8-9(5-7-13-8)12(15)11-10(16-2)4-3-6-14-11/h3-4,6,8-9,13H,5,7H2,1-2H3. The quantitative estimate of drug-likeness (QED) is 0.779. The Morgan fingerprint density at radius 1 is 1.62 bits per heavy atom. The van der Waals surface area contributed by atoms with E-state index in [1.54, 1.807) is 25.4 Å². The van der Waals surface area contributed by atoms with Gasteiger partial charge in [-0.2, -0.15) is 0 Å². The molecule has 0 spiro atoms. The number of hydrogen-bond donors (Lipinski definition) is 1. The highest BCUT2D eigenvalue weighted by atomic mass is 16.5. The second kappa shape index (κ2) is 4.61. The number of hydrogen-bond acceptors (Lipinski definition) is 4. The van der Waals surface area contributed by atoms with Crippen LogP contribution in [0.3, 0.4) is 0 Å². The van der Waals surface area contributed by atoms with Crippen molar-refractivity contribution in [1.29, 1.82) is 0 Å². The zero-order valence-electron chi connectivity index (χ0n) is 9.56. The van der Waals surface area contributed by atoms with Crippen molar-refractivity contribution >= 4 is 5.78 Å². The summed E-state index contributed by atoms with van der Waals surface area (Å²) in [5.41, 5.74) is 0.450. The van der Waals surface area contributed by atoms with Crippen LogP contribution < -0.4 is 10.1 Å². The molecule has 0 radical (unpaired) electrons. The Kier molecular flexibility index (Phi) is 3.19. The maximum atomic E-state index is 12.3. The van der Waals surface area contributed by atoms with Gasteiger partial charge in [-0.15, -0.1) is 0 Å². The van der Waals surface area contributed by atoms with Gasteiger partial charge in [-0.05, 0) is 32.0 Å². The van der Waals surface area contributed by atoms with Crippen LogP contribution in [0.15, 0.2) is 18.3 Å². The van der Waals surface area contributed by atoms with Gasteiger partial charge in [0.25, 0.3) is 0 Å². The van der Waals surface area contributed by atoms with E-state index in [0.717, 1.165) is 13.0 Å². The van der Waals surface area contributed by atoms with Gasteiger partial charge < -0.3 is 10.1 Å². The Morgan fingerprint density at radius 2 is 2.44 bits per heavy atom. The number of methoxy groups -OCH3 is 1. The lowest BCUT2D eigenvalue weighted by molar-refractivity contribution is 0.0905. The lowest BCUT2D eigenvalue weighted by Gasteiger charge is -2.14. The van der Waals surface area contributed by atoms with Crippen LogP contribution >= 0.6 is 0 Å². The summed E-state index contributed by atoms with van der Waals surface area (Å²) in [7, 11) is 1.56. The first-order valence-electron chi connectivity index (χ1n) is 5.50. The molecule has 0 aromatic carbocycles. The fourth-order valence-corrected chi connectivity index (χ4v) is 2.13. The third kappa shape index (κ3) is 1.93. The maximum Gasteiger partial charge on any atom is 0.189 e. The molecule has 1 aliphatic rings. The molecule has 1 N–H and O–H groups in total. The van der Waals surface area contributed by atoms with E-state index in [1.165, 1.54) is 0 Å². The number of pyridine rings is 1. The van der Waals surface area contributed by atoms with E-state index < -0.39 is 0 Å². The van der Waals surface area contributed by atoms with Gasteiger partial charge in [0.2, 0.25) is 0 Å². The van der Waals surface area contributed by atoms with Crippen molar-refractivity contribution in [2.45, 2.75) is 19.4 Å². The monoisotopic (exact) mass is 220 g/mol. The molecule has 1 saturated heterocycles. The summed E-state index contributed by atoms with van der Waals surface area (Å²) < 4.78 is 5.16. The fourth-order valence-electron chi connectivity index (χ4n) is 2.13. The first-order chi connectivity index (χ1) is 7.74. The highest BCUT2D eigenvalue weighted by Gasteiger charge is 2.32. The second-order valence-corrected chi connectivity index (χ2v) is 4.06. The van der Waals surface area contributed by atoms with Crippen LogP contribution in [0.1, 0.15) is 23.8 Å². The predicted molar refractivity (Wildman–Crippen MR) is 60.7 cm³/mol. The maximum absolute atomic E-state index is 12.3. The second-order valence-electron chi connectivity index (χ2n) is 4.06. The first kappa shape index (κ1) is 11.1. The number of ketones is 1. The fraction of sp³-hybridized carbons (Fsp3) is 0.500. The molecule has 2 unspecified atom stereocenters. The number of rotatable bonds is 3. The Hall–Kier alpha value is -1.42. The SMILES string of the molecule is COc1cccnc1C(=O)C1CCNC1C. The largest absolute Gasteiger partial charge is 0.494 e. The van der Waals surface area contributed by atoms with Crippen LogP contribution in [0.25, 0.3) is 0 Å². The lowest BCUT2D eigenvalue weighted by Crippen LogP contribution is -2.28.